The highest BCUT2D eigenvalue weighted by atomic mass is 32.2. The van der Waals surface area contributed by atoms with Gasteiger partial charge < -0.3 is 55.3 Å². The second kappa shape index (κ2) is 24.0. The second-order valence-electron chi connectivity index (χ2n) is 20.0. The molecule has 11 rings (SSSR count). The van der Waals surface area contributed by atoms with Gasteiger partial charge in [-0.2, -0.15) is 0 Å². The molecule has 4 aromatic carbocycles. The van der Waals surface area contributed by atoms with Gasteiger partial charge in [0.15, 0.2) is 93.1 Å². The predicted octanol–water partition coefficient (Wildman–Crippen LogP) is 8.06. The monoisotopic (exact) mass is 1330 g/mol. The Bertz CT molecular complexity index is 4130. The first kappa shape index (κ1) is 64.2. The van der Waals surface area contributed by atoms with E-state index in [1.165, 1.54) is 0 Å². The number of aliphatic hydroxyl groups excluding tert-OH is 8. The van der Waals surface area contributed by atoms with E-state index in [9.17, 15) is 49.6 Å². The zero-order valence-corrected chi connectivity index (χ0v) is 45.4. The molecule has 90 heavy (non-hydrogen) atoms. The van der Waals surface area contributed by atoms with Crippen LogP contribution >= 0.6 is 23.5 Å². The van der Waals surface area contributed by atoms with Gasteiger partial charge in [-0.15, -0.1) is 0 Å². The van der Waals surface area contributed by atoms with E-state index in [0.717, 1.165) is 0 Å². The van der Waals surface area contributed by atoms with Crippen LogP contribution in [0.5, 0.6) is 0 Å². The lowest BCUT2D eigenvalue weighted by atomic mass is 9.88. The minimum atomic E-state index is -2.76. The summed E-state index contributed by atoms with van der Waals surface area (Å²) in [5, 5.41) is 81.6. The van der Waals surface area contributed by atoms with Gasteiger partial charge in [0.2, 0.25) is 11.6 Å². The quantitative estimate of drug-likeness (QED) is 0.0367. The van der Waals surface area contributed by atoms with Crippen molar-refractivity contribution in [2.24, 2.45) is 15.0 Å². The van der Waals surface area contributed by atoms with E-state index in [-0.39, 0.29) is 23.5 Å². The van der Waals surface area contributed by atoms with Crippen molar-refractivity contribution in [3.63, 3.8) is 0 Å². The third-order valence-electron chi connectivity index (χ3n) is 14.9. The summed E-state index contributed by atoms with van der Waals surface area (Å²) in [5.74, 6) is -48.7. The Hall–Kier alpha value is -7.35. The summed E-state index contributed by atoms with van der Waals surface area (Å²) < 4.78 is 301. The molecule has 14 nitrogen and oxygen atoms in total. The molecule has 2 fully saturated rings. The minimum Gasteiger partial charge on any atom is -0.394 e. The number of aromatic amines is 1. The molecule has 0 saturated carbocycles. The highest BCUT2D eigenvalue weighted by molar-refractivity contribution is 8.00. The van der Waals surface area contributed by atoms with Crippen molar-refractivity contribution < 1.29 is 129 Å². The Labute approximate surface area is 497 Å². The molecule has 5 aromatic rings. The van der Waals surface area contributed by atoms with E-state index in [1.807, 2.05) is 0 Å². The molecule has 8 bridgehead atoms. The van der Waals surface area contributed by atoms with Gasteiger partial charge in [-0.1, -0.05) is 23.5 Å². The number of aliphatic hydroxyl groups is 8. The van der Waals surface area contributed by atoms with Gasteiger partial charge in [-0.05, 0) is 48.6 Å². The minimum absolute atomic E-state index is 0.342. The Morgan fingerprint density at radius 2 is 0.689 bits per heavy atom. The normalized spacial score (nSPS) is 27.4. The maximum absolute atomic E-state index is 17.1. The molecule has 6 aliphatic heterocycles. The molecule has 34 heteroatoms. The number of hydrogen-bond donors (Lipinski definition) is 9. The van der Waals surface area contributed by atoms with Gasteiger partial charge in [0.25, 0.3) is 0 Å². The molecule has 0 amide bonds. The fourth-order valence-electron chi connectivity index (χ4n) is 10.4. The molecular formula is C56H32F18N4O10S2. The van der Waals surface area contributed by atoms with Crippen LogP contribution in [-0.4, -0.2) is 136 Å². The van der Waals surface area contributed by atoms with Crippen LogP contribution in [-0.2, 0) is 9.47 Å². The summed E-state index contributed by atoms with van der Waals surface area (Å²) >= 11 is -0.688. The summed E-state index contributed by atoms with van der Waals surface area (Å²) in [5.41, 5.74) is -24.1. The van der Waals surface area contributed by atoms with E-state index in [4.69, 9.17) is 9.47 Å². The fourth-order valence-corrected chi connectivity index (χ4v) is 12.7. The standard InChI is InChI=1S/C56H32F18N4O10S2/c57-29-25(30(58)38(66)41(69)37(29)65)21-11-1-5-15(75-11)23(27-33(61)43(71)53(44(72)34(27)62)89-55-51(85)49(83)47(81)19(9-79)87-55)16-7-3-13(77-16)22(26-31(59)39(67)42(70)40(68)32(26)60)14-4-8-18(78-14)24(17-6-2-12(21)76-17)28-35(63)45(73)54(46(74)36(28)64)90-56-52(86)50(84)48(82)20(10-80)88-56/h1-8,19-21,47-52,55-56,77,79-86H,9-10H2/b22-14+,23-15+,24-17?/t19-,20-,21?,47-,48-,49+,50+,51-,52-,55+,56+/m1/s1. The molecule has 474 valence electrons. The smallest absolute Gasteiger partial charge is 0.200 e. The maximum atomic E-state index is 17.1. The third-order valence-corrected chi connectivity index (χ3v) is 17.3. The van der Waals surface area contributed by atoms with Crippen LogP contribution in [0.15, 0.2) is 90.4 Å². The Morgan fingerprint density at radius 3 is 1.08 bits per heavy atom. The first-order valence-electron chi connectivity index (χ1n) is 25.5. The number of nitrogens with one attached hydrogen (secondary N) is 1. The van der Waals surface area contributed by atoms with Crippen molar-refractivity contribution in [3.8, 4) is 0 Å². The molecule has 6 aliphatic rings. The lowest BCUT2D eigenvalue weighted by Crippen LogP contribution is -2.57. The SMILES string of the molecule is OC[C@H]1O[C@@H](Sc2c(F)c(F)c(C3=C4C=CC(=N4)C(c4c(F)c(F)c(F)c(F)c4F)C4=N/C(=C(/c5c(F)c(F)c(S[C@@H]6O[C@H](CO)[C@@H](O)[C@H](O)[C@H]6O)c(F)c5F)c5ccc([nH]5)/C(c5c(F)c(F)c(F)c(F)c5F)=C5/C=CC3=N5)C=C4)c(F)c2F)[C@H](O)[C@@H](O)[C@@H]1O. The number of nitrogens with zero attached hydrogens (tertiary/aromatic N) is 3. The highest BCUT2D eigenvalue weighted by Crippen LogP contribution is 2.48. The zero-order valence-electron chi connectivity index (χ0n) is 43.7. The number of aromatic nitrogens is 1. The Balaban J connectivity index is 1.20. The summed E-state index contributed by atoms with van der Waals surface area (Å²) in [7, 11) is 0. The van der Waals surface area contributed by atoms with Crippen LogP contribution in [0.2, 0.25) is 0 Å². The molecule has 0 spiro atoms. The molecular weight excluding hydrogens is 1290 g/mol. The molecule has 11 atom stereocenters. The molecule has 9 N–H and O–H groups in total. The largest absolute Gasteiger partial charge is 0.394 e. The van der Waals surface area contributed by atoms with Gasteiger partial charge >= 0.3 is 0 Å². The number of hydrogen-bond acceptors (Lipinski definition) is 15. The number of H-pyrrole nitrogens is 1. The van der Waals surface area contributed by atoms with Gasteiger partial charge in [0.1, 0.15) is 59.7 Å². The first-order valence-corrected chi connectivity index (χ1v) is 27.2. The van der Waals surface area contributed by atoms with Crippen LogP contribution in [0, 0.1) is 105 Å². The summed E-state index contributed by atoms with van der Waals surface area (Å²) in [6.45, 7) is -2.20. The number of thioether (sulfide) groups is 2. The van der Waals surface area contributed by atoms with Crippen LogP contribution in [0.25, 0.3) is 16.7 Å². The number of ether oxygens (including phenoxy) is 2. The van der Waals surface area contributed by atoms with E-state index in [0.29, 0.717) is 48.6 Å². The van der Waals surface area contributed by atoms with Gasteiger partial charge in [-0.3, -0.25) is 9.98 Å². The Kier molecular flexibility index (Phi) is 17.1. The van der Waals surface area contributed by atoms with Crippen LogP contribution in [0.3, 0.4) is 0 Å². The van der Waals surface area contributed by atoms with E-state index in [2.05, 4.69) is 20.0 Å². The van der Waals surface area contributed by atoms with Crippen molar-refractivity contribution in [1.82, 2.24) is 4.98 Å². The summed E-state index contributed by atoms with van der Waals surface area (Å²) in [4.78, 5) is 11.2. The molecule has 0 aliphatic carbocycles. The van der Waals surface area contributed by atoms with E-state index >= 15 is 70.2 Å². The molecule has 0 radical (unpaired) electrons. The van der Waals surface area contributed by atoms with E-state index < -0.39 is 278 Å². The number of halogens is 18. The lowest BCUT2D eigenvalue weighted by Gasteiger charge is -2.39. The second-order valence-corrected chi connectivity index (χ2v) is 22.3. The van der Waals surface area contributed by atoms with Gasteiger partial charge in [0.05, 0.1) is 79.8 Å². The van der Waals surface area contributed by atoms with Crippen LogP contribution in [0.4, 0.5) is 79.0 Å². The van der Waals surface area contributed by atoms with Crippen molar-refractivity contribution in [2.45, 2.75) is 75.4 Å². The number of benzene rings is 4. The molecule has 1 unspecified atom stereocenters. The van der Waals surface area contributed by atoms with Gasteiger partial charge in [-0.25, -0.2) is 84.0 Å². The molecule has 2 saturated heterocycles. The highest BCUT2D eigenvalue weighted by Gasteiger charge is 2.48. The Morgan fingerprint density at radius 1 is 0.367 bits per heavy atom. The van der Waals surface area contributed by atoms with Crippen molar-refractivity contribution >= 4 is 57.4 Å². The third kappa shape index (κ3) is 10.1. The van der Waals surface area contributed by atoms with Crippen molar-refractivity contribution in [2.75, 3.05) is 13.2 Å². The predicted molar refractivity (Wildman–Crippen MR) is 276 cm³/mol. The average molecular weight is 1330 g/mol. The van der Waals surface area contributed by atoms with E-state index in [1.54, 1.807) is 0 Å². The maximum Gasteiger partial charge on any atom is 0.200 e. The van der Waals surface area contributed by atoms with Crippen molar-refractivity contribution in [1.29, 1.82) is 0 Å². The van der Waals surface area contributed by atoms with Crippen LogP contribution < -0.4 is 0 Å². The molecule has 7 heterocycles. The molecule has 1 aromatic heterocycles. The number of fused-ring (bicyclic) bond motifs is 5. The number of aliphatic imine (C=N–C) groups is 3. The first-order chi connectivity index (χ1) is 42.6. The number of rotatable bonds is 10. The summed E-state index contributed by atoms with van der Waals surface area (Å²) in [6, 6.07) is 1.25. The number of allylic oxidation sites excluding steroid dienone is 7. The zero-order chi connectivity index (χ0) is 65.3. The average Bonchev–Trinajstić information content (AvgIpc) is 1.37. The fraction of sp³-hybridized carbons (Fsp3) is 0.232. The van der Waals surface area contributed by atoms with Gasteiger partial charge in [0, 0.05) is 33.7 Å². The van der Waals surface area contributed by atoms with Crippen LogP contribution in [0.1, 0.15) is 39.6 Å². The lowest BCUT2D eigenvalue weighted by molar-refractivity contribution is -0.205. The van der Waals surface area contributed by atoms with Crippen molar-refractivity contribution in [3.05, 3.63) is 204 Å². The topological polar surface area (TPSA) is 233 Å². The summed E-state index contributed by atoms with van der Waals surface area (Å²) in [6.07, 6.45) is -13.1.